The number of nitrogens with one attached hydrogen (secondary N) is 1. The van der Waals surface area contributed by atoms with E-state index >= 15 is 0 Å². The Balaban J connectivity index is 1.93. The molecule has 0 bridgehead atoms. The predicted octanol–water partition coefficient (Wildman–Crippen LogP) is 3.01. The van der Waals surface area contributed by atoms with Gasteiger partial charge in [0.05, 0.1) is 11.8 Å². The molecule has 0 aromatic carbocycles. The van der Waals surface area contributed by atoms with E-state index in [1.165, 1.54) is 11.1 Å². The molecular weight excluding hydrogens is 234 g/mol. The van der Waals surface area contributed by atoms with Gasteiger partial charge in [-0.1, -0.05) is 6.07 Å². The van der Waals surface area contributed by atoms with E-state index in [1.54, 1.807) is 24.3 Å². The second kappa shape index (κ2) is 5.19. The largest absolute Gasteiger partial charge is 0.469 e. The summed E-state index contributed by atoms with van der Waals surface area (Å²) in [6.45, 7) is 3.80. The molecule has 90 valence electrons. The van der Waals surface area contributed by atoms with Crippen LogP contribution in [0.15, 0.2) is 34.3 Å². The fourth-order valence-corrected chi connectivity index (χ4v) is 2.54. The molecule has 2 aromatic heterocycles. The van der Waals surface area contributed by atoms with Gasteiger partial charge in [-0.3, -0.25) is 4.79 Å². The van der Waals surface area contributed by atoms with Crippen LogP contribution in [-0.4, -0.2) is 11.9 Å². The van der Waals surface area contributed by atoms with E-state index in [9.17, 15) is 4.79 Å². The third kappa shape index (κ3) is 2.97. The first-order chi connectivity index (χ1) is 8.16. The topological polar surface area (TPSA) is 42.2 Å². The van der Waals surface area contributed by atoms with Gasteiger partial charge >= 0.3 is 0 Å². The molecule has 1 atom stereocenters. The van der Waals surface area contributed by atoms with Crippen molar-refractivity contribution in [2.45, 2.75) is 26.3 Å². The Labute approximate surface area is 104 Å². The van der Waals surface area contributed by atoms with Gasteiger partial charge in [-0.05, 0) is 31.4 Å². The van der Waals surface area contributed by atoms with Crippen LogP contribution in [0.4, 0.5) is 0 Å². The van der Waals surface area contributed by atoms with E-state index in [2.05, 4.69) is 11.4 Å². The molecule has 0 aliphatic heterocycles. The van der Waals surface area contributed by atoms with E-state index in [0.717, 1.165) is 6.42 Å². The Morgan fingerprint density at radius 3 is 2.94 bits per heavy atom. The molecule has 3 nitrogen and oxygen atoms in total. The van der Waals surface area contributed by atoms with Gasteiger partial charge in [0.2, 0.25) is 0 Å². The van der Waals surface area contributed by atoms with Crippen LogP contribution in [0.2, 0.25) is 0 Å². The smallest absolute Gasteiger partial charge is 0.255 e. The van der Waals surface area contributed by atoms with E-state index in [0.29, 0.717) is 11.3 Å². The van der Waals surface area contributed by atoms with Crippen LogP contribution < -0.4 is 5.32 Å². The lowest BCUT2D eigenvalue weighted by Gasteiger charge is -2.12. The van der Waals surface area contributed by atoms with Crippen LogP contribution in [-0.2, 0) is 6.42 Å². The second-order valence-corrected chi connectivity index (χ2v) is 5.08. The van der Waals surface area contributed by atoms with E-state index < -0.39 is 0 Å². The summed E-state index contributed by atoms with van der Waals surface area (Å²) in [6.07, 6.45) is 2.40. The third-order valence-corrected chi connectivity index (χ3v) is 3.47. The van der Waals surface area contributed by atoms with Gasteiger partial charge in [-0.25, -0.2) is 0 Å². The van der Waals surface area contributed by atoms with Gasteiger partial charge < -0.3 is 9.73 Å². The molecule has 17 heavy (non-hydrogen) atoms. The highest BCUT2D eigenvalue weighted by molar-refractivity contribution is 7.09. The first kappa shape index (κ1) is 11.9. The molecule has 0 saturated heterocycles. The van der Waals surface area contributed by atoms with E-state index in [-0.39, 0.29) is 11.9 Å². The van der Waals surface area contributed by atoms with Crippen LogP contribution in [0.1, 0.15) is 27.9 Å². The van der Waals surface area contributed by atoms with Crippen LogP contribution in [0, 0.1) is 6.92 Å². The fraction of sp³-hybridized carbons (Fsp3) is 0.308. The molecule has 0 aliphatic carbocycles. The molecule has 0 unspecified atom stereocenters. The van der Waals surface area contributed by atoms with Crippen LogP contribution in [0.5, 0.6) is 0 Å². The summed E-state index contributed by atoms with van der Waals surface area (Å²) in [6, 6.07) is 5.92. The molecule has 2 rings (SSSR count). The number of rotatable bonds is 4. The van der Waals surface area contributed by atoms with Crippen molar-refractivity contribution >= 4 is 17.2 Å². The zero-order valence-electron chi connectivity index (χ0n) is 9.90. The first-order valence-corrected chi connectivity index (χ1v) is 6.42. The third-order valence-electron chi connectivity index (χ3n) is 2.57. The fourth-order valence-electron chi connectivity index (χ4n) is 1.70. The zero-order chi connectivity index (χ0) is 12.3. The number of carbonyl (C=O) groups is 1. The van der Waals surface area contributed by atoms with Crippen LogP contribution >= 0.6 is 11.3 Å². The van der Waals surface area contributed by atoms with Crippen molar-refractivity contribution in [1.29, 1.82) is 0 Å². The molecular formula is C13H15NO2S. The SMILES string of the molecule is Cc1occc1C(=O)N[C@@H](C)Cc1cccs1. The molecule has 0 spiro atoms. The molecule has 0 fully saturated rings. The quantitative estimate of drug-likeness (QED) is 0.905. The number of aryl methyl sites for hydroxylation is 1. The molecule has 4 heteroatoms. The Morgan fingerprint density at radius 1 is 1.53 bits per heavy atom. The van der Waals surface area contributed by atoms with Gasteiger partial charge in [-0.2, -0.15) is 0 Å². The van der Waals surface area contributed by atoms with Crippen molar-refractivity contribution < 1.29 is 9.21 Å². The van der Waals surface area contributed by atoms with Crippen molar-refractivity contribution in [2.24, 2.45) is 0 Å². The molecule has 0 radical (unpaired) electrons. The summed E-state index contributed by atoms with van der Waals surface area (Å²) in [5.41, 5.74) is 0.614. The van der Waals surface area contributed by atoms with Gasteiger partial charge in [0.15, 0.2) is 0 Å². The highest BCUT2D eigenvalue weighted by Crippen LogP contribution is 2.12. The summed E-state index contributed by atoms with van der Waals surface area (Å²) >= 11 is 1.71. The van der Waals surface area contributed by atoms with E-state index in [4.69, 9.17) is 4.42 Å². The van der Waals surface area contributed by atoms with Gasteiger partial charge in [0.25, 0.3) is 5.91 Å². The van der Waals surface area contributed by atoms with Crippen molar-refractivity contribution in [3.05, 3.63) is 46.0 Å². The minimum atomic E-state index is -0.0692. The molecule has 0 aliphatic rings. The van der Waals surface area contributed by atoms with Crippen molar-refractivity contribution in [3.63, 3.8) is 0 Å². The van der Waals surface area contributed by atoms with Gasteiger partial charge in [-0.15, -0.1) is 11.3 Å². The van der Waals surface area contributed by atoms with Crippen LogP contribution in [0.25, 0.3) is 0 Å². The summed E-state index contributed by atoms with van der Waals surface area (Å²) in [5, 5.41) is 5.01. The average molecular weight is 249 g/mol. The molecule has 1 amide bonds. The minimum Gasteiger partial charge on any atom is -0.469 e. The maximum absolute atomic E-state index is 11.9. The number of hydrogen-bond acceptors (Lipinski definition) is 3. The monoisotopic (exact) mass is 249 g/mol. The normalized spacial score (nSPS) is 12.4. The number of amides is 1. The number of furan rings is 1. The van der Waals surface area contributed by atoms with Crippen LogP contribution in [0.3, 0.4) is 0 Å². The number of carbonyl (C=O) groups excluding carboxylic acids is 1. The highest BCUT2D eigenvalue weighted by Gasteiger charge is 2.14. The molecule has 2 aromatic rings. The lowest BCUT2D eigenvalue weighted by atomic mass is 10.2. The summed E-state index contributed by atoms with van der Waals surface area (Å²) in [4.78, 5) is 13.2. The summed E-state index contributed by atoms with van der Waals surface area (Å²) < 4.78 is 5.11. The predicted molar refractivity (Wildman–Crippen MR) is 68.4 cm³/mol. The summed E-state index contributed by atoms with van der Waals surface area (Å²) in [7, 11) is 0. The average Bonchev–Trinajstić information content (AvgIpc) is 2.88. The Morgan fingerprint density at radius 2 is 2.35 bits per heavy atom. The van der Waals surface area contributed by atoms with E-state index in [1.807, 2.05) is 18.4 Å². The molecule has 1 N–H and O–H groups in total. The molecule has 2 heterocycles. The van der Waals surface area contributed by atoms with Crippen molar-refractivity contribution in [1.82, 2.24) is 5.32 Å². The Hall–Kier alpha value is -1.55. The number of hydrogen-bond donors (Lipinski definition) is 1. The standard InChI is InChI=1S/C13H15NO2S/c1-9(8-11-4-3-7-17-11)14-13(15)12-5-6-16-10(12)2/h3-7,9H,8H2,1-2H3,(H,14,15)/t9-/m0/s1. The summed E-state index contributed by atoms with van der Waals surface area (Å²) in [5.74, 6) is 0.589. The zero-order valence-corrected chi connectivity index (χ0v) is 10.7. The highest BCUT2D eigenvalue weighted by atomic mass is 32.1. The maximum Gasteiger partial charge on any atom is 0.255 e. The number of thiophene rings is 1. The Kier molecular flexibility index (Phi) is 3.64. The van der Waals surface area contributed by atoms with Gasteiger partial charge in [0, 0.05) is 17.3 Å². The first-order valence-electron chi connectivity index (χ1n) is 5.54. The maximum atomic E-state index is 11.9. The lowest BCUT2D eigenvalue weighted by molar-refractivity contribution is 0.0938. The van der Waals surface area contributed by atoms with Gasteiger partial charge in [0.1, 0.15) is 5.76 Å². The van der Waals surface area contributed by atoms with Crippen molar-refractivity contribution in [2.75, 3.05) is 0 Å². The minimum absolute atomic E-state index is 0.0692. The Bertz CT molecular complexity index is 487. The molecule has 0 saturated carbocycles. The lowest BCUT2D eigenvalue weighted by Crippen LogP contribution is -2.33. The second-order valence-electron chi connectivity index (χ2n) is 4.05. The van der Waals surface area contributed by atoms with Crippen molar-refractivity contribution in [3.8, 4) is 0 Å².